The molecule has 1 amide bonds. The first-order valence-corrected chi connectivity index (χ1v) is 6.93. The van der Waals surface area contributed by atoms with Gasteiger partial charge in [0, 0.05) is 5.69 Å². The lowest BCUT2D eigenvalue weighted by Crippen LogP contribution is -2.47. The molecule has 0 saturated carbocycles. The zero-order chi connectivity index (χ0) is 16.9. The minimum Gasteiger partial charge on any atom is -0.481 e. The van der Waals surface area contributed by atoms with Crippen molar-refractivity contribution in [2.45, 2.75) is 25.4 Å². The van der Waals surface area contributed by atoms with Crippen LogP contribution in [0.5, 0.6) is 0 Å². The molecule has 0 aliphatic rings. The second-order valence-corrected chi connectivity index (χ2v) is 5.31. The summed E-state index contributed by atoms with van der Waals surface area (Å²) in [6, 6.07) is 2.36. The maximum absolute atomic E-state index is 11.9. The second kappa shape index (κ2) is 7.86. The topological polar surface area (TPSA) is 116 Å². The molecule has 0 spiro atoms. The molecular weight excluding hydrogens is 335 g/mol. The third kappa shape index (κ3) is 5.42. The Labute approximate surface area is 136 Å². The fraction of sp³-hybridized carbons (Fsp3) is 0.308. The predicted molar refractivity (Wildman–Crippen MR) is 81.4 cm³/mol. The molecule has 1 aromatic rings. The summed E-state index contributed by atoms with van der Waals surface area (Å²) in [5.74, 6) is -3.39. The van der Waals surface area contributed by atoms with Gasteiger partial charge in [-0.15, -0.1) is 0 Å². The van der Waals surface area contributed by atoms with Gasteiger partial charge in [-0.05, 0) is 25.1 Å². The maximum atomic E-state index is 11.9. The van der Waals surface area contributed by atoms with E-state index >= 15 is 0 Å². The van der Waals surface area contributed by atoms with Gasteiger partial charge in [0.1, 0.15) is 12.1 Å². The summed E-state index contributed by atoms with van der Waals surface area (Å²) in [4.78, 5) is 33.4. The molecule has 22 heavy (non-hydrogen) atoms. The van der Waals surface area contributed by atoms with E-state index in [-0.39, 0.29) is 0 Å². The van der Waals surface area contributed by atoms with Gasteiger partial charge in [-0.1, -0.05) is 23.2 Å². The predicted octanol–water partition coefficient (Wildman–Crippen LogP) is 1.84. The molecule has 4 N–H and O–H groups in total. The number of rotatable bonds is 7. The van der Waals surface area contributed by atoms with Crippen molar-refractivity contribution in [2.75, 3.05) is 5.32 Å². The number of amides is 1. The Morgan fingerprint density at radius 3 is 2.32 bits per heavy atom. The normalized spacial score (nSPS) is 13.0. The van der Waals surface area contributed by atoms with Crippen LogP contribution in [-0.4, -0.2) is 40.1 Å². The van der Waals surface area contributed by atoms with Gasteiger partial charge >= 0.3 is 11.9 Å². The lowest BCUT2D eigenvalue weighted by Gasteiger charge is -2.18. The van der Waals surface area contributed by atoms with Crippen molar-refractivity contribution in [1.82, 2.24) is 5.32 Å². The molecule has 0 heterocycles. The van der Waals surface area contributed by atoms with Crippen LogP contribution in [0, 0.1) is 0 Å². The van der Waals surface area contributed by atoms with E-state index < -0.39 is 36.4 Å². The molecule has 0 aliphatic heterocycles. The van der Waals surface area contributed by atoms with Gasteiger partial charge in [0.15, 0.2) is 0 Å². The number of anilines is 1. The van der Waals surface area contributed by atoms with Gasteiger partial charge in [-0.25, -0.2) is 4.79 Å². The van der Waals surface area contributed by atoms with Crippen LogP contribution in [0.15, 0.2) is 18.2 Å². The summed E-state index contributed by atoms with van der Waals surface area (Å²) in [5.41, 5.74) is 0.516. The van der Waals surface area contributed by atoms with E-state index in [4.69, 9.17) is 33.4 Å². The fourth-order valence-corrected chi connectivity index (χ4v) is 1.87. The monoisotopic (exact) mass is 348 g/mol. The van der Waals surface area contributed by atoms with Gasteiger partial charge < -0.3 is 20.8 Å². The van der Waals surface area contributed by atoms with E-state index in [1.54, 1.807) is 12.1 Å². The minimum atomic E-state index is -1.50. The number of benzene rings is 1. The molecule has 0 unspecified atom stereocenters. The largest absolute Gasteiger partial charge is 0.481 e. The van der Waals surface area contributed by atoms with E-state index in [1.807, 2.05) is 0 Å². The summed E-state index contributed by atoms with van der Waals surface area (Å²) in [6.45, 7) is 1.50. The lowest BCUT2D eigenvalue weighted by molar-refractivity contribution is -0.147. The second-order valence-electron chi connectivity index (χ2n) is 4.49. The molecule has 9 heteroatoms. The van der Waals surface area contributed by atoms with Crippen LogP contribution in [0.3, 0.4) is 0 Å². The molecule has 0 aliphatic carbocycles. The van der Waals surface area contributed by atoms with Crippen molar-refractivity contribution in [2.24, 2.45) is 0 Å². The van der Waals surface area contributed by atoms with Crippen molar-refractivity contribution in [3.8, 4) is 0 Å². The molecule has 1 rings (SSSR count). The fourth-order valence-electron chi connectivity index (χ4n) is 1.57. The number of aliphatic carboxylic acids is 2. The van der Waals surface area contributed by atoms with Crippen LogP contribution >= 0.6 is 23.2 Å². The number of carbonyl (C=O) groups excluding carboxylic acids is 1. The molecule has 2 atom stereocenters. The number of carboxylic acids is 2. The standard InChI is InChI=1S/C13H14Cl2N2O5/c1-6(16-7-2-3-8(14)9(15)4-7)12(20)17-10(13(21)22)5-11(18)19/h2-4,6,10,16H,5H2,1H3,(H,17,20)(H,18,19)(H,21,22)/t6-,10-/m0/s1. The Balaban J connectivity index is 2.69. The van der Waals surface area contributed by atoms with Gasteiger partial charge in [0.25, 0.3) is 0 Å². The van der Waals surface area contributed by atoms with Gasteiger partial charge in [-0.2, -0.15) is 0 Å². The number of carbonyl (C=O) groups is 3. The zero-order valence-corrected chi connectivity index (χ0v) is 13.0. The van der Waals surface area contributed by atoms with E-state index in [9.17, 15) is 14.4 Å². The average Bonchev–Trinajstić information content (AvgIpc) is 2.41. The van der Waals surface area contributed by atoms with Gasteiger partial charge in [0.05, 0.1) is 16.5 Å². The first-order chi connectivity index (χ1) is 10.2. The summed E-state index contributed by atoms with van der Waals surface area (Å²) in [6.07, 6.45) is -0.708. The zero-order valence-electron chi connectivity index (χ0n) is 11.5. The lowest BCUT2D eigenvalue weighted by atomic mass is 10.2. The van der Waals surface area contributed by atoms with Crippen LogP contribution in [0.4, 0.5) is 5.69 Å². The van der Waals surface area contributed by atoms with Crippen molar-refractivity contribution >= 4 is 46.7 Å². The van der Waals surface area contributed by atoms with Crippen molar-refractivity contribution in [3.63, 3.8) is 0 Å². The van der Waals surface area contributed by atoms with Crippen LogP contribution in [0.2, 0.25) is 10.0 Å². The van der Waals surface area contributed by atoms with Gasteiger partial charge in [0.2, 0.25) is 5.91 Å². The number of hydrogen-bond donors (Lipinski definition) is 4. The third-order valence-corrected chi connectivity index (χ3v) is 3.43. The van der Waals surface area contributed by atoms with E-state index in [0.717, 1.165) is 0 Å². The summed E-state index contributed by atoms with van der Waals surface area (Å²) < 4.78 is 0. The number of halogens is 2. The number of nitrogens with one attached hydrogen (secondary N) is 2. The summed E-state index contributed by atoms with van der Waals surface area (Å²) >= 11 is 11.6. The summed E-state index contributed by atoms with van der Waals surface area (Å²) in [5, 5.41) is 23.1. The molecule has 0 fully saturated rings. The van der Waals surface area contributed by atoms with Crippen LogP contribution in [-0.2, 0) is 14.4 Å². The molecule has 0 saturated heterocycles. The first kappa shape index (κ1) is 18.1. The minimum absolute atomic E-state index is 0.300. The highest BCUT2D eigenvalue weighted by Crippen LogP contribution is 2.25. The Morgan fingerprint density at radius 1 is 1.18 bits per heavy atom. The van der Waals surface area contributed by atoms with Crippen LogP contribution in [0.25, 0.3) is 0 Å². The van der Waals surface area contributed by atoms with Gasteiger partial charge in [-0.3, -0.25) is 9.59 Å². The van der Waals surface area contributed by atoms with E-state index in [0.29, 0.717) is 15.7 Å². The Hall–Kier alpha value is -1.99. The van der Waals surface area contributed by atoms with Crippen LogP contribution in [0.1, 0.15) is 13.3 Å². The number of hydrogen-bond acceptors (Lipinski definition) is 4. The van der Waals surface area contributed by atoms with E-state index in [1.165, 1.54) is 13.0 Å². The molecular formula is C13H14Cl2N2O5. The maximum Gasteiger partial charge on any atom is 0.326 e. The first-order valence-electron chi connectivity index (χ1n) is 6.17. The van der Waals surface area contributed by atoms with Crippen LogP contribution < -0.4 is 10.6 Å². The average molecular weight is 349 g/mol. The highest BCUT2D eigenvalue weighted by molar-refractivity contribution is 6.42. The Kier molecular flexibility index (Phi) is 6.45. The molecule has 1 aromatic carbocycles. The molecule has 7 nitrogen and oxygen atoms in total. The third-order valence-electron chi connectivity index (χ3n) is 2.69. The quantitative estimate of drug-likeness (QED) is 0.597. The Bertz CT molecular complexity index is 594. The van der Waals surface area contributed by atoms with Crippen molar-refractivity contribution in [1.29, 1.82) is 0 Å². The molecule has 0 aromatic heterocycles. The van der Waals surface area contributed by atoms with Crippen molar-refractivity contribution < 1.29 is 24.6 Å². The van der Waals surface area contributed by atoms with Crippen molar-refractivity contribution in [3.05, 3.63) is 28.2 Å². The highest BCUT2D eigenvalue weighted by atomic mass is 35.5. The molecule has 120 valence electrons. The number of carboxylic acid groups (broad SMARTS) is 2. The molecule has 0 radical (unpaired) electrons. The van der Waals surface area contributed by atoms with E-state index in [2.05, 4.69) is 10.6 Å². The summed E-state index contributed by atoms with van der Waals surface area (Å²) in [7, 11) is 0. The SMILES string of the molecule is C[C@H](Nc1ccc(Cl)c(Cl)c1)C(=O)N[C@@H](CC(=O)O)C(=O)O. The smallest absolute Gasteiger partial charge is 0.326 e. The Morgan fingerprint density at radius 2 is 1.82 bits per heavy atom. The molecule has 0 bridgehead atoms. The highest BCUT2D eigenvalue weighted by Gasteiger charge is 2.25.